The first-order chi connectivity index (χ1) is 10.1. The second-order valence-electron chi connectivity index (χ2n) is 4.75. The van der Waals surface area contributed by atoms with E-state index in [9.17, 15) is 9.59 Å². The molecule has 5 nitrogen and oxygen atoms in total. The van der Waals surface area contributed by atoms with Crippen LogP contribution in [0.15, 0.2) is 40.8 Å². The van der Waals surface area contributed by atoms with E-state index in [1.54, 1.807) is 18.2 Å². The quantitative estimate of drug-likeness (QED) is 0.913. The molecular formula is C15H13ClN2O3. The van der Waals surface area contributed by atoms with Crippen LogP contribution in [0, 0.1) is 0 Å². The monoisotopic (exact) mass is 304 g/mol. The minimum Gasteiger partial charge on any atom is -0.451 e. The van der Waals surface area contributed by atoms with Crippen LogP contribution < -0.4 is 10.6 Å². The highest BCUT2D eigenvalue weighted by Gasteiger charge is 2.27. The fraction of sp³-hybridized carbons (Fsp3) is 0.200. The van der Waals surface area contributed by atoms with Gasteiger partial charge in [-0.2, -0.15) is 0 Å². The van der Waals surface area contributed by atoms with Gasteiger partial charge in [-0.3, -0.25) is 9.59 Å². The Balaban J connectivity index is 1.77. The summed E-state index contributed by atoms with van der Waals surface area (Å²) < 4.78 is 5.53. The maximum Gasteiger partial charge on any atom is 0.287 e. The SMILES string of the molecule is O=C(N[C@H]1CCNC1=O)c1ccc(-c2ccccc2Cl)o1. The fourth-order valence-corrected chi connectivity index (χ4v) is 2.46. The molecule has 0 bridgehead atoms. The predicted molar refractivity (Wildman–Crippen MR) is 78.0 cm³/mol. The minimum absolute atomic E-state index is 0.157. The van der Waals surface area contributed by atoms with Gasteiger partial charge in [-0.1, -0.05) is 23.7 Å². The number of amides is 2. The average molecular weight is 305 g/mol. The standard InChI is InChI=1S/C15H13ClN2O3/c16-10-4-2-1-3-9(10)12-5-6-13(21-12)15(20)18-11-7-8-17-14(11)19/h1-6,11H,7-8H2,(H,17,19)(H,18,20)/t11-/m0/s1. The summed E-state index contributed by atoms with van der Waals surface area (Å²) in [4.78, 5) is 23.5. The molecule has 2 heterocycles. The zero-order valence-electron chi connectivity index (χ0n) is 11.1. The molecule has 1 atom stereocenters. The third-order valence-corrected chi connectivity index (χ3v) is 3.65. The largest absolute Gasteiger partial charge is 0.451 e. The molecule has 2 aromatic rings. The molecule has 1 aromatic carbocycles. The van der Waals surface area contributed by atoms with Crippen LogP contribution in [-0.4, -0.2) is 24.4 Å². The van der Waals surface area contributed by atoms with Gasteiger partial charge in [-0.25, -0.2) is 0 Å². The Bertz CT molecular complexity index is 696. The molecule has 2 amide bonds. The van der Waals surface area contributed by atoms with E-state index in [0.717, 1.165) is 5.56 Å². The van der Waals surface area contributed by atoms with Crippen LogP contribution in [0.25, 0.3) is 11.3 Å². The third kappa shape index (κ3) is 2.78. The lowest BCUT2D eigenvalue weighted by molar-refractivity contribution is -0.120. The summed E-state index contributed by atoms with van der Waals surface area (Å²) >= 11 is 6.09. The predicted octanol–water partition coefficient (Wildman–Crippen LogP) is 2.22. The number of hydrogen-bond acceptors (Lipinski definition) is 3. The number of halogens is 1. The summed E-state index contributed by atoms with van der Waals surface area (Å²) in [5, 5.41) is 5.86. The zero-order valence-corrected chi connectivity index (χ0v) is 11.8. The smallest absolute Gasteiger partial charge is 0.287 e. The zero-order chi connectivity index (χ0) is 14.8. The third-order valence-electron chi connectivity index (χ3n) is 3.32. The molecular weight excluding hydrogens is 292 g/mol. The lowest BCUT2D eigenvalue weighted by Crippen LogP contribution is -2.39. The van der Waals surface area contributed by atoms with Crippen molar-refractivity contribution in [2.75, 3.05) is 6.54 Å². The van der Waals surface area contributed by atoms with E-state index in [0.29, 0.717) is 23.7 Å². The Labute approximate surface area is 126 Å². The van der Waals surface area contributed by atoms with Gasteiger partial charge in [0.15, 0.2) is 5.76 Å². The molecule has 1 aromatic heterocycles. The summed E-state index contributed by atoms with van der Waals surface area (Å²) in [5.74, 6) is 0.0998. The van der Waals surface area contributed by atoms with Gasteiger partial charge in [0.2, 0.25) is 5.91 Å². The molecule has 1 aliphatic rings. The number of furan rings is 1. The van der Waals surface area contributed by atoms with Gasteiger partial charge in [0.25, 0.3) is 5.91 Å². The average Bonchev–Trinajstić information content (AvgIpc) is 3.09. The van der Waals surface area contributed by atoms with Crippen molar-refractivity contribution in [2.24, 2.45) is 0 Å². The number of nitrogens with one attached hydrogen (secondary N) is 2. The van der Waals surface area contributed by atoms with Crippen molar-refractivity contribution in [3.8, 4) is 11.3 Å². The van der Waals surface area contributed by atoms with Crippen LogP contribution in [0.5, 0.6) is 0 Å². The van der Waals surface area contributed by atoms with Crippen molar-refractivity contribution in [1.29, 1.82) is 0 Å². The van der Waals surface area contributed by atoms with Gasteiger partial charge >= 0.3 is 0 Å². The Kier molecular flexibility index (Phi) is 3.66. The summed E-state index contributed by atoms with van der Waals surface area (Å²) in [6.45, 7) is 0.576. The highest BCUT2D eigenvalue weighted by atomic mass is 35.5. The molecule has 3 rings (SSSR count). The maximum atomic E-state index is 12.1. The van der Waals surface area contributed by atoms with Crippen molar-refractivity contribution in [2.45, 2.75) is 12.5 Å². The Morgan fingerprint density at radius 2 is 2.10 bits per heavy atom. The summed E-state index contributed by atoms with van der Waals surface area (Å²) in [7, 11) is 0. The molecule has 21 heavy (non-hydrogen) atoms. The van der Waals surface area contributed by atoms with Gasteiger partial charge in [-0.15, -0.1) is 0 Å². The number of hydrogen-bond donors (Lipinski definition) is 2. The van der Waals surface area contributed by atoms with Crippen LogP contribution >= 0.6 is 11.6 Å². The molecule has 0 unspecified atom stereocenters. The second kappa shape index (κ2) is 5.61. The highest BCUT2D eigenvalue weighted by Crippen LogP contribution is 2.29. The van der Waals surface area contributed by atoms with Gasteiger partial charge in [0.05, 0.1) is 5.02 Å². The molecule has 1 fully saturated rings. The fourth-order valence-electron chi connectivity index (χ4n) is 2.23. The molecule has 1 aliphatic heterocycles. The van der Waals surface area contributed by atoms with Crippen molar-refractivity contribution in [3.63, 3.8) is 0 Å². The van der Waals surface area contributed by atoms with Crippen molar-refractivity contribution in [1.82, 2.24) is 10.6 Å². The molecule has 0 saturated carbocycles. The van der Waals surface area contributed by atoms with Gasteiger partial charge in [0, 0.05) is 12.1 Å². The first kappa shape index (κ1) is 13.7. The number of rotatable bonds is 3. The van der Waals surface area contributed by atoms with Gasteiger partial charge < -0.3 is 15.1 Å². The van der Waals surface area contributed by atoms with E-state index >= 15 is 0 Å². The van der Waals surface area contributed by atoms with Crippen molar-refractivity contribution < 1.29 is 14.0 Å². The molecule has 2 N–H and O–H groups in total. The van der Waals surface area contributed by atoms with E-state index in [-0.39, 0.29) is 11.7 Å². The Morgan fingerprint density at radius 3 is 2.81 bits per heavy atom. The number of carbonyl (C=O) groups excluding carboxylic acids is 2. The molecule has 0 aliphatic carbocycles. The van der Waals surface area contributed by atoms with Crippen molar-refractivity contribution in [3.05, 3.63) is 47.2 Å². The normalized spacial score (nSPS) is 17.6. The Morgan fingerprint density at radius 1 is 1.29 bits per heavy atom. The molecule has 0 radical (unpaired) electrons. The van der Waals surface area contributed by atoms with Crippen LogP contribution in [0.2, 0.25) is 5.02 Å². The van der Waals surface area contributed by atoms with Crippen LogP contribution in [0.1, 0.15) is 17.0 Å². The van der Waals surface area contributed by atoms with E-state index < -0.39 is 11.9 Å². The van der Waals surface area contributed by atoms with Gasteiger partial charge in [0.1, 0.15) is 11.8 Å². The summed E-state index contributed by atoms with van der Waals surface area (Å²) in [5.41, 5.74) is 0.719. The molecule has 108 valence electrons. The van der Waals surface area contributed by atoms with E-state index in [1.165, 1.54) is 0 Å². The van der Waals surface area contributed by atoms with Crippen LogP contribution in [-0.2, 0) is 4.79 Å². The van der Waals surface area contributed by atoms with Crippen LogP contribution in [0.3, 0.4) is 0 Å². The summed E-state index contributed by atoms with van der Waals surface area (Å²) in [6, 6.07) is 9.99. The van der Waals surface area contributed by atoms with Crippen molar-refractivity contribution >= 4 is 23.4 Å². The Hall–Kier alpha value is -2.27. The topological polar surface area (TPSA) is 71.3 Å². The number of benzene rings is 1. The summed E-state index contributed by atoms with van der Waals surface area (Å²) in [6.07, 6.45) is 0.586. The first-order valence-corrected chi connectivity index (χ1v) is 6.96. The maximum absolute atomic E-state index is 12.1. The molecule has 0 spiro atoms. The molecule has 6 heteroatoms. The lowest BCUT2D eigenvalue weighted by atomic mass is 10.2. The van der Waals surface area contributed by atoms with E-state index in [4.69, 9.17) is 16.0 Å². The highest BCUT2D eigenvalue weighted by molar-refractivity contribution is 6.33. The number of carbonyl (C=O) groups is 2. The van der Waals surface area contributed by atoms with Gasteiger partial charge in [-0.05, 0) is 30.7 Å². The van der Waals surface area contributed by atoms with E-state index in [2.05, 4.69) is 10.6 Å². The second-order valence-corrected chi connectivity index (χ2v) is 5.16. The van der Waals surface area contributed by atoms with E-state index in [1.807, 2.05) is 18.2 Å². The van der Waals surface area contributed by atoms with Crippen LogP contribution in [0.4, 0.5) is 0 Å². The molecule has 1 saturated heterocycles. The minimum atomic E-state index is -0.494. The first-order valence-electron chi connectivity index (χ1n) is 6.58. The lowest BCUT2D eigenvalue weighted by Gasteiger charge is -2.07.